The molecule has 5 nitrogen and oxygen atoms in total. The molecule has 98 valence electrons. The van der Waals surface area contributed by atoms with E-state index in [4.69, 9.17) is 0 Å². The third-order valence-electron chi connectivity index (χ3n) is 2.44. The first-order valence-electron chi connectivity index (χ1n) is 5.53. The van der Waals surface area contributed by atoms with E-state index in [9.17, 15) is 14.9 Å². The molecule has 0 saturated carbocycles. The molecule has 0 aliphatic rings. The number of anilines is 1. The number of nitro groups is 1. The van der Waals surface area contributed by atoms with E-state index in [-0.39, 0.29) is 28.0 Å². The summed E-state index contributed by atoms with van der Waals surface area (Å²) in [5.41, 5.74) is 0.985. The number of carbonyl (C=O) groups is 1. The molecule has 18 heavy (non-hydrogen) atoms. The van der Waals surface area contributed by atoms with Crippen molar-refractivity contribution in [3.05, 3.63) is 33.9 Å². The second-order valence-corrected chi connectivity index (χ2v) is 5.40. The van der Waals surface area contributed by atoms with Gasteiger partial charge in [0.1, 0.15) is 5.69 Å². The van der Waals surface area contributed by atoms with E-state index in [0.29, 0.717) is 0 Å². The van der Waals surface area contributed by atoms with Crippen LogP contribution in [0.4, 0.5) is 11.4 Å². The number of nitrogens with one attached hydrogen (secondary N) is 1. The summed E-state index contributed by atoms with van der Waals surface area (Å²) in [6.07, 6.45) is 0. The molecule has 1 aromatic rings. The molecule has 0 fully saturated rings. The zero-order chi connectivity index (χ0) is 13.9. The zero-order valence-electron chi connectivity index (χ0n) is 10.4. The number of nitro benzene ring substituents is 1. The Morgan fingerprint density at radius 2 is 2.06 bits per heavy atom. The van der Waals surface area contributed by atoms with E-state index >= 15 is 0 Å². The van der Waals surface area contributed by atoms with Crippen LogP contribution in [0.2, 0.25) is 0 Å². The second-order valence-electron chi connectivity index (χ2n) is 4.41. The lowest BCUT2D eigenvalue weighted by Crippen LogP contribution is -2.27. The van der Waals surface area contributed by atoms with E-state index in [2.05, 4.69) is 21.2 Å². The van der Waals surface area contributed by atoms with Gasteiger partial charge in [0.25, 0.3) is 5.69 Å². The lowest BCUT2D eigenvalue weighted by molar-refractivity contribution is -0.383. The quantitative estimate of drug-likeness (QED) is 0.526. The van der Waals surface area contributed by atoms with Crippen LogP contribution in [0.1, 0.15) is 19.4 Å². The van der Waals surface area contributed by atoms with Gasteiger partial charge in [0.05, 0.1) is 9.75 Å². The average Bonchev–Trinajstić information content (AvgIpc) is 2.27. The Bertz CT molecular complexity index is 474. The maximum atomic E-state index is 11.9. The van der Waals surface area contributed by atoms with Crippen LogP contribution in [0.3, 0.4) is 0 Å². The number of hydrogen-bond acceptors (Lipinski definition) is 3. The third-order valence-corrected chi connectivity index (χ3v) is 3.92. The SMILES string of the molecule is Cc1ccc([N+](=O)[O-])c(NC(=O)C(Br)C(C)C)c1. The molecule has 0 saturated heterocycles. The van der Waals surface area contributed by atoms with Gasteiger partial charge in [-0.25, -0.2) is 0 Å². The number of amides is 1. The highest BCUT2D eigenvalue weighted by atomic mass is 79.9. The average molecular weight is 315 g/mol. The summed E-state index contributed by atoms with van der Waals surface area (Å²) in [6, 6.07) is 4.63. The van der Waals surface area contributed by atoms with E-state index in [0.717, 1.165) is 5.56 Å². The van der Waals surface area contributed by atoms with Crippen LogP contribution in [0.25, 0.3) is 0 Å². The summed E-state index contributed by atoms with van der Waals surface area (Å²) in [4.78, 5) is 21.8. The monoisotopic (exact) mass is 314 g/mol. The van der Waals surface area contributed by atoms with Gasteiger partial charge in [-0.2, -0.15) is 0 Å². The first-order chi connectivity index (χ1) is 8.32. The molecule has 0 aliphatic heterocycles. The lowest BCUT2D eigenvalue weighted by atomic mass is 10.1. The van der Waals surface area contributed by atoms with Crippen LogP contribution < -0.4 is 5.32 Å². The van der Waals surface area contributed by atoms with Gasteiger partial charge in [-0.05, 0) is 24.5 Å². The predicted octanol–water partition coefficient (Wildman–Crippen LogP) is 3.26. The number of benzene rings is 1. The van der Waals surface area contributed by atoms with Gasteiger partial charge in [0.2, 0.25) is 5.91 Å². The first-order valence-corrected chi connectivity index (χ1v) is 6.44. The largest absolute Gasteiger partial charge is 0.319 e. The predicted molar refractivity (Wildman–Crippen MR) is 74.0 cm³/mol. The van der Waals surface area contributed by atoms with Gasteiger partial charge in [0.15, 0.2) is 0 Å². The smallest absolute Gasteiger partial charge is 0.292 e. The molecule has 0 aromatic heterocycles. The van der Waals surface area contributed by atoms with Crippen LogP contribution in [0.15, 0.2) is 18.2 Å². The summed E-state index contributed by atoms with van der Waals surface area (Å²) in [5, 5.41) is 13.4. The van der Waals surface area contributed by atoms with Crippen molar-refractivity contribution in [2.75, 3.05) is 5.32 Å². The number of hydrogen-bond donors (Lipinski definition) is 1. The molecule has 0 radical (unpaired) electrons. The zero-order valence-corrected chi connectivity index (χ0v) is 12.0. The molecule has 1 N–H and O–H groups in total. The standard InChI is InChI=1S/C12H15BrN2O3/c1-7(2)11(13)12(16)14-9-6-8(3)4-5-10(9)15(17)18/h4-7,11H,1-3H3,(H,14,16). The van der Waals surface area contributed by atoms with E-state index in [1.165, 1.54) is 6.07 Å². The summed E-state index contributed by atoms with van der Waals surface area (Å²) in [5.74, 6) is -0.174. The van der Waals surface area contributed by atoms with E-state index < -0.39 is 4.92 Å². The molecular formula is C12H15BrN2O3. The number of halogens is 1. The van der Waals surface area contributed by atoms with Gasteiger partial charge < -0.3 is 5.32 Å². The maximum absolute atomic E-state index is 11.9. The Morgan fingerprint density at radius 3 is 2.56 bits per heavy atom. The van der Waals surface area contributed by atoms with Gasteiger partial charge in [0, 0.05) is 6.07 Å². The topological polar surface area (TPSA) is 72.2 Å². The van der Waals surface area contributed by atoms with Crippen LogP contribution in [-0.2, 0) is 4.79 Å². The Labute approximate surface area is 114 Å². The highest BCUT2D eigenvalue weighted by Gasteiger charge is 2.22. The van der Waals surface area contributed by atoms with Crippen molar-refractivity contribution in [3.63, 3.8) is 0 Å². The fraction of sp³-hybridized carbons (Fsp3) is 0.417. The lowest BCUT2D eigenvalue weighted by Gasteiger charge is -2.14. The first kappa shape index (κ1) is 14.6. The third kappa shape index (κ3) is 3.53. The molecule has 0 bridgehead atoms. The molecule has 1 rings (SSSR count). The molecule has 0 spiro atoms. The van der Waals surface area contributed by atoms with Crippen molar-refractivity contribution in [1.82, 2.24) is 0 Å². The maximum Gasteiger partial charge on any atom is 0.292 e. The van der Waals surface area contributed by atoms with E-state index in [1.54, 1.807) is 12.1 Å². The summed E-state index contributed by atoms with van der Waals surface area (Å²) in [6.45, 7) is 5.60. The van der Waals surface area contributed by atoms with Crippen molar-refractivity contribution in [2.24, 2.45) is 5.92 Å². The van der Waals surface area contributed by atoms with Crippen molar-refractivity contribution in [3.8, 4) is 0 Å². The number of rotatable bonds is 4. The Hall–Kier alpha value is -1.43. The molecular weight excluding hydrogens is 300 g/mol. The van der Waals surface area contributed by atoms with Crippen LogP contribution >= 0.6 is 15.9 Å². The minimum absolute atomic E-state index is 0.0996. The Balaban J connectivity index is 2.99. The van der Waals surface area contributed by atoms with Crippen molar-refractivity contribution < 1.29 is 9.72 Å². The highest BCUT2D eigenvalue weighted by molar-refractivity contribution is 9.10. The summed E-state index contributed by atoms with van der Waals surface area (Å²) in [7, 11) is 0. The van der Waals surface area contributed by atoms with Crippen LogP contribution in [0, 0.1) is 23.0 Å². The van der Waals surface area contributed by atoms with E-state index in [1.807, 2.05) is 20.8 Å². The second kappa shape index (κ2) is 5.95. The fourth-order valence-corrected chi connectivity index (χ4v) is 1.53. The molecule has 0 heterocycles. The Morgan fingerprint density at radius 1 is 1.44 bits per heavy atom. The van der Waals surface area contributed by atoms with Gasteiger partial charge in [-0.15, -0.1) is 0 Å². The number of nitrogens with zero attached hydrogens (tertiary/aromatic N) is 1. The van der Waals surface area contributed by atoms with Crippen LogP contribution in [-0.4, -0.2) is 15.7 Å². The normalized spacial score (nSPS) is 12.3. The van der Waals surface area contributed by atoms with Gasteiger partial charge in [-0.1, -0.05) is 35.8 Å². The highest BCUT2D eigenvalue weighted by Crippen LogP contribution is 2.26. The van der Waals surface area contributed by atoms with Crippen LogP contribution in [0.5, 0.6) is 0 Å². The Kier molecular flexibility index (Phi) is 4.84. The minimum Gasteiger partial charge on any atom is -0.319 e. The summed E-state index contributed by atoms with van der Waals surface area (Å²) >= 11 is 3.26. The number of carbonyl (C=O) groups excluding carboxylic acids is 1. The number of aryl methyl sites for hydroxylation is 1. The van der Waals surface area contributed by atoms with Crippen molar-refractivity contribution in [2.45, 2.75) is 25.6 Å². The molecule has 0 aliphatic carbocycles. The minimum atomic E-state index is -0.506. The fourth-order valence-electron chi connectivity index (χ4n) is 1.41. The van der Waals surface area contributed by atoms with Crippen molar-refractivity contribution in [1.29, 1.82) is 0 Å². The van der Waals surface area contributed by atoms with Crippen molar-refractivity contribution >= 4 is 33.2 Å². The molecule has 1 atom stereocenters. The van der Waals surface area contributed by atoms with Gasteiger partial charge in [-0.3, -0.25) is 14.9 Å². The molecule has 1 aromatic carbocycles. The summed E-state index contributed by atoms with van der Waals surface area (Å²) < 4.78 is 0. The molecule has 6 heteroatoms. The number of alkyl halides is 1. The van der Waals surface area contributed by atoms with Gasteiger partial charge >= 0.3 is 0 Å². The molecule has 1 unspecified atom stereocenters. The molecule has 1 amide bonds.